The summed E-state index contributed by atoms with van der Waals surface area (Å²) >= 11 is 0. The van der Waals surface area contributed by atoms with E-state index in [0.717, 1.165) is 17.1 Å². The molecular weight excluding hydrogens is 409 g/mol. The molecule has 9 heteroatoms. The first kappa shape index (κ1) is 18.9. The largest absolute Gasteiger partial charge is 0.457 e. The van der Waals surface area contributed by atoms with Gasteiger partial charge in [-0.1, -0.05) is 23.4 Å². The number of alkyl halides is 3. The van der Waals surface area contributed by atoms with Gasteiger partial charge >= 0.3 is 6.18 Å². The summed E-state index contributed by atoms with van der Waals surface area (Å²) in [6, 6.07) is 17.2. The molecule has 0 aliphatic rings. The molecular formula is C22H13F3N4O2. The first-order valence-electron chi connectivity index (χ1n) is 9.19. The third-order valence-corrected chi connectivity index (χ3v) is 4.61. The van der Waals surface area contributed by atoms with Crippen LogP contribution in [0.3, 0.4) is 0 Å². The maximum atomic E-state index is 13.7. The van der Waals surface area contributed by atoms with E-state index in [1.54, 1.807) is 54.9 Å². The average molecular weight is 422 g/mol. The second kappa shape index (κ2) is 7.28. The van der Waals surface area contributed by atoms with Gasteiger partial charge in [0.25, 0.3) is 5.89 Å². The Morgan fingerprint density at radius 2 is 1.71 bits per heavy atom. The SMILES string of the molecule is FC(F)(F)c1cc(-c2nc(-c3ccc4nc[nH]c4c3)no2)ccc1Oc1ccccc1. The molecule has 0 bridgehead atoms. The fourth-order valence-electron chi connectivity index (χ4n) is 3.12. The van der Waals surface area contributed by atoms with Gasteiger partial charge < -0.3 is 14.2 Å². The molecule has 2 aromatic heterocycles. The van der Waals surface area contributed by atoms with E-state index in [1.807, 2.05) is 0 Å². The van der Waals surface area contributed by atoms with Crippen LogP contribution >= 0.6 is 0 Å². The lowest BCUT2D eigenvalue weighted by atomic mass is 10.1. The number of hydrogen-bond acceptors (Lipinski definition) is 5. The van der Waals surface area contributed by atoms with E-state index in [9.17, 15) is 13.2 Å². The number of aromatic amines is 1. The lowest BCUT2D eigenvalue weighted by Gasteiger charge is -2.14. The van der Waals surface area contributed by atoms with E-state index in [0.29, 0.717) is 11.3 Å². The number of ether oxygens (including phenoxy) is 1. The maximum Gasteiger partial charge on any atom is 0.420 e. The van der Waals surface area contributed by atoms with Crippen LogP contribution < -0.4 is 4.74 Å². The molecule has 0 atom stereocenters. The van der Waals surface area contributed by atoms with E-state index < -0.39 is 11.7 Å². The van der Waals surface area contributed by atoms with Gasteiger partial charge in [0.15, 0.2) is 0 Å². The zero-order chi connectivity index (χ0) is 21.4. The van der Waals surface area contributed by atoms with Crippen molar-refractivity contribution in [1.82, 2.24) is 20.1 Å². The molecule has 0 spiro atoms. The Morgan fingerprint density at radius 1 is 0.903 bits per heavy atom. The number of nitrogens with one attached hydrogen (secondary N) is 1. The number of benzene rings is 3. The minimum Gasteiger partial charge on any atom is -0.457 e. The zero-order valence-corrected chi connectivity index (χ0v) is 15.7. The number of fused-ring (bicyclic) bond motifs is 1. The van der Waals surface area contributed by atoms with E-state index in [-0.39, 0.29) is 23.0 Å². The van der Waals surface area contributed by atoms with E-state index in [2.05, 4.69) is 20.1 Å². The molecule has 0 saturated carbocycles. The highest BCUT2D eigenvalue weighted by atomic mass is 19.4. The molecule has 0 amide bonds. The average Bonchev–Trinajstić information content (AvgIpc) is 3.43. The molecule has 0 fully saturated rings. The normalized spacial score (nSPS) is 11.7. The van der Waals surface area contributed by atoms with Gasteiger partial charge in [-0.25, -0.2) is 4.98 Å². The smallest absolute Gasteiger partial charge is 0.420 e. The van der Waals surface area contributed by atoms with Crippen LogP contribution in [-0.2, 0) is 6.18 Å². The minimum absolute atomic E-state index is 0.0310. The van der Waals surface area contributed by atoms with Crippen LogP contribution in [0.4, 0.5) is 13.2 Å². The number of rotatable bonds is 4. The first-order valence-corrected chi connectivity index (χ1v) is 9.19. The highest BCUT2D eigenvalue weighted by molar-refractivity contribution is 5.80. The molecule has 3 aromatic carbocycles. The van der Waals surface area contributed by atoms with Gasteiger partial charge in [0.2, 0.25) is 5.82 Å². The lowest BCUT2D eigenvalue weighted by Crippen LogP contribution is -2.07. The van der Waals surface area contributed by atoms with Crippen LogP contribution in [0.25, 0.3) is 33.9 Å². The number of H-pyrrole nitrogens is 1. The Kier molecular flexibility index (Phi) is 4.43. The molecule has 6 nitrogen and oxygen atoms in total. The molecule has 0 unspecified atom stereocenters. The van der Waals surface area contributed by atoms with Gasteiger partial charge in [0, 0.05) is 11.1 Å². The quantitative estimate of drug-likeness (QED) is 0.379. The summed E-state index contributed by atoms with van der Waals surface area (Å²) < 4.78 is 51.7. The molecule has 154 valence electrons. The monoisotopic (exact) mass is 422 g/mol. The number of hydrogen-bond donors (Lipinski definition) is 1. The second-order valence-electron chi connectivity index (χ2n) is 6.68. The highest BCUT2D eigenvalue weighted by Crippen LogP contribution is 2.40. The molecule has 0 saturated heterocycles. The van der Waals surface area contributed by atoms with Crippen molar-refractivity contribution in [3.63, 3.8) is 0 Å². The van der Waals surface area contributed by atoms with E-state index in [4.69, 9.17) is 9.26 Å². The first-order chi connectivity index (χ1) is 15.0. The minimum atomic E-state index is -4.63. The summed E-state index contributed by atoms with van der Waals surface area (Å²) in [5, 5.41) is 3.90. The molecule has 0 aliphatic heterocycles. The lowest BCUT2D eigenvalue weighted by molar-refractivity contribution is -0.138. The summed E-state index contributed by atoms with van der Waals surface area (Å²) in [4.78, 5) is 11.4. The van der Waals surface area contributed by atoms with Crippen molar-refractivity contribution >= 4 is 11.0 Å². The van der Waals surface area contributed by atoms with Crippen molar-refractivity contribution < 1.29 is 22.4 Å². The van der Waals surface area contributed by atoms with Gasteiger partial charge in [-0.2, -0.15) is 18.2 Å². The summed E-state index contributed by atoms with van der Waals surface area (Å²) in [6.07, 6.45) is -3.07. The molecule has 31 heavy (non-hydrogen) atoms. The van der Waals surface area contributed by atoms with Crippen molar-refractivity contribution in [2.45, 2.75) is 6.18 Å². The van der Waals surface area contributed by atoms with Crippen molar-refractivity contribution in [3.8, 4) is 34.3 Å². The zero-order valence-electron chi connectivity index (χ0n) is 15.7. The van der Waals surface area contributed by atoms with Crippen LogP contribution in [0.5, 0.6) is 11.5 Å². The van der Waals surface area contributed by atoms with E-state index >= 15 is 0 Å². The van der Waals surface area contributed by atoms with Gasteiger partial charge in [0.05, 0.1) is 22.9 Å². The fraction of sp³-hybridized carbons (Fsp3) is 0.0455. The summed E-state index contributed by atoms with van der Waals surface area (Å²) in [7, 11) is 0. The fourth-order valence-corrected chi connectivity index (χ4v) is 3.12. The number of nitrogens with zero attached hydrogens (tertiary/aromatic N) is 3. The Morgan fingerprint density at radius 3 is 2.52 bits per heavy atom. The van der Waals surface area contributed by atoms with Crippen LogP contribution in [0.15, 0.2) is 77.6 Å². The Hall–Kier alpha value is -4.14. The second-order valence-corrected chi connectivity index (χ2v) is 6.68. The van der Waals surface area contributed by atoms with Gasteiger partial charge in [-0.05, 0) is 48.5 Å². The van der Waals surface area contributed by atoms with Crippen LogP contribution in [0.1, 0.15) is 5.56 Å². The van der Waals surface area contributed by atoms with Gasteiger partial charge in [-0.15, -0.1) is 0 Å². The summed E-state index contributed by atoms with van der Waals surface area (Å²) in [6.45, 7) is 0. The number of halogens is 3. The van der Waals surface area contributed by atoms with Crippen molar-refractivity contribution in [2.24, 2.45) is 0 Å². The highest BCUT2D eigenvalue weighted by Gasteiger charge is 2.35. The number of para-hydroxylation sites is 1. The van der Waals surface area contributed by atoms with Crippen molar-refractivity contribution in [2.75, 3.05) is 0 Å². The third kappa shape index (κ3) is 3.73. The number of aromatic nitrogens is 4. The summed E-state index contributed by atoms with van der Waals surface area (Å²) in [5.74, 6) is 0.211. The van der Waals surface area contributed by atoms with Gasteiger partial charge in [0.1, 0.15) is 11.5 Å². The summed E-state index contributed by atoms with van der Waals surface area (Å²) in [5.41, 5.74) is 1.40. The van der Waals surface area contributed by atoms with Crippen molar-refractivity contribution in [3.05, 3.63) is 78.6 Å². The number of imidazole rings is 1. The predicted octanol–water partition coefficient (Wildman–Crippen LogP) is 6.09. The molecule has 0 aliphatic carbocycles. The van der Waals surface area contributed by atoms with Crippen LogP contribution in [0.2, 0.25) is 0 Å². The Labute approximate surface area is 173 Å². The molecule has 5 rings (SSSR count). The topological polar surface area (TPSA) is 76.8 Å². The van der Waals surface area contributed by atoms with Crippen LogP contribution in [-0.4, -0.2) is 20.1 Å². The van der Waals surface area contributed by atoms with Gasteiger partial charge in [-0.3, -0.25) is 0 Å². The van der Waals surface area contributed by atoms with Crippen molar-refractivity contribution in [1.29, 1.82) is 0 Å². The standard InChI is InChI=1S/C22H13F3N4O2/c23-22(24,25)16-10-14(7-9-19(16)30-15-4-2-1-3-5-15)21-28-20(29-31-21)13-6-8-17-18(11-13)27-12-26-17/h1-12H,(H,26,27). The molecule has 0 radical (unpaired) electrons. The predicted molar refractivity (Wildman–Crippen MR) is 106 cm³/mol. The Balaban J connectivity index is 1.50. The molecule has 5 aromatic rings. The maximum absolute atomic E-state index is 13.7. The molecule has 2 heterocycles. The molecule has 1 N–H and O–H groups in total. The third-order valence-electron chi connectivity index (χ3n) is 4.61. The van der Waals surface area contributed by atoms with E-state index in [1.165, 1.54) is 12.1 Å². The van der Waals surface area contributed by atoms with Crippen LogP contribution in [0, 0.1) is 0 Å². The Bertz CT molecular complexity index is 1360.